The van der Waals surface area contributed by atoms with Crippen LogP contribution in [0.3, 0.4) is 0 Å². The van der Waals surface area contributed by atoms with Gasteiger partial charge in [0.25, 0.3) is 11.8 Å². The molecule has 0 bridgehead atoms. The Hall–Kier alpha value is -4.99. The highest BCUT2D eigenvalue weighted by atomic mass is 16.2. The number of hydrogen-bond donors (Lipinski definition) is 4. The maximum atomic E-state index is 14.5. The summed E-state index contributed by atoms with van der Waals surface area (Å²) in [7, 11) is 0. The molecule has 6 atom stereocenters. The number of fused-ring (bicyclic) bond motifs is 2. The van der Waals surface area contributed by atoms with Crippen LogP contribution >= 0.6 is 0 Å². The normalized spacial score (nSPS) is 21.9. The first-order chi connectivity index (χ1) is 24.6. The molecule has 0 aromatic heterocycles. The molecule has 0 spiro atoms. The first kappa shape index (κ1) is 40.8. The maximum absolute atomic E-state index is 14.5. The molecule has 2 fully saturated rings. The number of carbonyl (C=O) groups excluding carboxylic acids is 7. The standard InChI is InChI=1S/C40H54N6O7/c1-11-13-18-26(31(48)34(50)41-19-12-2)42-33(49)30-29-25(40(29,9)10)21-46(30)36(52)32(39(6,7)8)44-37(53)43-27(38(3,4)5)22-45-28(47)20-23-16-14-15-17-24(23)35(45)51/h1,12,14-17,25-27,29-30,32H,2,13,18-22H2,3-10H3,(H,41,50)(H,42,49)(H2,43,44,53)/t25-,26?,27+,29-,30-,32+/m0/s1. The Morgan fingerprint density at radius 1 is 1.02 bits per heavy atom. The molecule has 0 radical (unpaired) electrons. The predicted octanol–water partition coefficient (Wildman–Crippen LogP) is 2.59. The molecule has 7 amide bonds. The fourth-order valence-corrected chi connectivity index (χ4v) is 7.43. The van der Waals surface area contributed by atoms with Crippen molar-refractivity contribution in [2.45, 2.75) is 98.8 Å². The van der Waals surface area contributed by atoms with E-state index in [-0.39, 0.29) is 62.1 Å². The lowest BCUT2D eigenvalue weighted by Crippen LogP contribution is -2.63. The van der Waals surface area contributed by atoms with Crippen LogP contribution in [0.25, 0.3) is 0 Å². The van der Waals surface area contributed by atoms with Gasteiger partial charge in [0.2, 0.25) is 23.5 Å². The second-order valence-corrected chi connectivity index (χ2v) is 17.0. The van der Waals surface area contributed by atoms with E-state index in [1.807, 2.05) is 34.6 Å². The van der Waals surface area contributed by atoms with Gasteiger partial charge in [-0.15, -0.1) is 18.9 Å². The minimum absolute atomic E-state index is 0.00223. The van der Waals surface area contributed by atoms with Crippen molar-refractivity contribution < 1.29 is 33.6 Å². The Morgan fingerprint density at radius 3 is 2.28 bits per heavy atom. The number of piperidine rings is 1. The topological polar surface area (TPSA) is 174 Å². The number of hydrogen-bond acceptors (Lipinski definition) is 7. The van der Waals surface area contributed by atoms with Crippen molar-refractivity contribution in [1.82, 2.24) is 31.1 Å². The number of nitrogens with one attached hydrogen (secondary N) is 4. The predicted molar refractivity (Wildman–Crippen MR) is 199 cm³/mol. The number of likely N-dealkylation sites (tertiary alicyclic amines) is 1. The van der Waals surface area contributed by atoms with Crippen molar-refractivity contribution in [3.05, 3.63) is 48.0 Å². The average molecular weight is 731 g/mol. The third kappa shape index (κ3) is 8.80. The van der Waals surface area contributed by atoms with Gasteiger partial charge in [-0.25, -0.2) is 4.79 Å². The SMILES string of the molecule is C#CCCC(NC(=O)[C@@H]1[C@@H]2[C@H](CN1C(=O)[C@@H](NC(=O)N[C@H](CN1C(=O)Cc3ccccc3C1=O)C(C)(C)C)C(C)(C)C)C2(C)C)C(=O)C(=O)NCC=C. The highest BCUT2D eigenvalue weighted by molar-refractivity contribution is 6.38. The van der Waals surface area contributed by atoms with Crippen LogP contribution in [-0.2, 0) is 30.4 Å². The number of benzene rings is 1. The molecule has 1 aromatic carbocycles. The zero-order chi connectivity index (χ0) is 39.6. The second kappa shape index (κ2) is 15.5. The summed E-state index contributed by atoms with van der Waals surface area (Å²) >= 11 is 0. The van der Waals surface area contributed by atoms with Crippen molar-refractivity contribution in [2.75, 3.05) is 19.6 Å². The lowest BCUT2D eigenvalue weighted by molar-refractivity contribution is -0.145. The molecule has 13 heteroatoms. The number of amides is 7. The summed E-state index contributed by atoms with van der Waals surface area (Å²) in [5.41, 5.74) is -0.578. The van der Waals surface area contributed by atoms with Gasteiger partial charge in [0.05, 0.1) is 18.5 Å². The Balaban J connectivity index is 1.54. The summed E-state index contributed by atoms with van der Waals surface area (Å²) < 4.78 is 0. The van der Waals surface area contributed by atoms with Gasteiger partial charge >= 0.3 is 6.03 Å². The molecule has 1 aliphatic carbocycles. The van der Waals surface area contributed by atoms with E-state index in [2.05, 4.69) is 33.8 Å². The van der Waals surface area contributed by atoms with E-state index in [1.54, 1.807) is 45.0 Å². The molecule has 1 saturated carbocycles. The van der Waals surface area contributed by atoms with Gasteiger partial charge in [-0.2, -0.15) is 0 Å². The fourth-order valence-electron chi connectivity index (χ4n) is 7.43. The average Bonchev–Trinajstić information content (AvgIpc) is 3.37. The number of nitrogens with zero attached hydrogens (tertiary/aromatic N) is 2. The Morgan fingerprint density at radius 2 is 1.68 bits per heavy atom. The van der Waals surface area contributed by atoms with Gasteiger partial charge in [0.15, 0.2) is 0 Å². The minimum Gasteiger partial charge on any atom is -0.346 e. The molecular formula is C40H54N6O7. The van der Waals surface area contributed by atoms with Gasteiger partial charge in [-0.3, -0.25) is 33.7 Å². The molecule has 4 N–H and O–H groups in total. The van der Waals surface area contributed by atoms with Crippen LogP contribution in [-0.4, -0.2) is 95.0 Å². The quantitative estimate of drug-likeness (QED) is 0.105. The Bertz CT molecular complexity index is 1710. The molecule has 2 heterocycles. The summed E-state index contributed by atoms with van der Waals surface area (Å²) in [5, 5.41) is 10.9. The molecule has 53 heavy (non-hydrogen) atoms. The molecule has 1 unspecified atom stereocenters. The van der Waals surface area contributed by atoms with Crippen molar-refractivity contribution in [1.29, 1.82) is 0 Å². The van der Waals surface area contributed by atoms with Crippen LogP contribution in [0.4, 0.5) is 4.79 Å². The van der Waals surface area contributed by atoms with Crippen LogP contribution in [0.2, 0.25) is 0 Å². The van der Waals surface area contributed by atoms with Gasteiger partial charge in [0, 0.05) is 31.6 Å². The summed E-state index contributed by atoms with van der Waals surface area (Å²) in [6.45, 7) is 18.9. The Kier molecular flexibility index (Phi) is 12.0. The van der Waals surface area contributed by atoms with Crippen LogP contribution < -0.4 is 21.3 Å². The van der Waals surface area contributed by atoms with E-state index < -0.39 is 70.4 Å². The third-order valence-corrected chi connectivity index (χ3v) is 10.8. The van der Waals surface area contributed by atoms with Crippen LogP contribution in [0.15, 0.2) is 36.9 Å². The van der Waals surface area contributed by atoms with Crippen molar-refractivity contribution in [2.24, 2.45) is 28.1 Å². The Labute approximate surface area is 312 Å². The third-order valence-electron chi connectivity index (χ3n) is 10.8. The number of rotatable bonds is 13. The summed E-state index contributed by atoms with van der Waals surface area (Å²) in [6.07, 6.45) is 7.10. The van der Waals surface area contributed by atoms with Gasteiger partial charge in [-0.05, 0) is 46.1 Å². The van der Waals surface area contributed by atoms with E-state index in [9.17, 15) is 33.6 Å². The van der Waals surface area contributed by atoms with Gasteiger partial charge in [0.1, 0.15) is 12.1 Å². The summed E-state index contributed by atoms with van der Waals surface area (Å²) in [5.74, 6) is -1.36. The molecule has 286 valence electrons. The lowest BCUT2D eigenvalue weighted by atomic mass is 9.84. The van der Waals surface area contributed by atoms with E-state index in [1.165, 1.54) is 11.0 Å². The van der Waals surface area contributed by atoms with Crippen molar-refractivity contribution in [3.8, 4) is 12.3 Å². The highest BCUT2D eigenvalue weighted by Gasteiger charge is 2.70. The number of imide groups is 1. The molecule has 2 aliphatic heterocycles. The first-order valence-corrected chi connectivity index (χ1v) is 18.1. The summed E-state index contributed by atoms with van der Waals surface area (Å²) in [6, 6.07) is 2.33. The molecule has 3 aliphatic rings. The molecule has 1 saturated heterocycles. The zero-order valence-corrected chi connectivity index (χ0v) is 32.1. The summed E-state index contributed by atoms with van der Waals surface area (Å²) in [4.78, 5) is 97.0. The number of ketones is 1. The molecule has 13 nitrogen and oxygen atoms in total. The minimum atomic E-state index is -1.20. The number of urea groups is 1. The van der Waals surface area contributed by atoms with Crippen molar-refractivity contribution >= 4 is 41.4 Å². The van der Waals surface area contributed by atoms with Gasteiger partial charge < -0.3 is 26.2 Å². The van der Waals surface area contributed by atoms with Crippen LogP contribution in [0.5, 0.6) is 0 Å². The molecule has 4 rings (SSSR count). The lowest BCUT2D eigenvalue weighted by Gasteiger charge is -2.39. The van der Waals surface area contributed by atoms with E-state index >= 15 is 0 Å². The molecule has 1 aromatic rings. The van der Waals surface area contributed by atoms with Crippen LogP contribution in [0.1, 0.15) is 84.2 Å². The number of terminal acetylenes is 1. The largest absolute Gasteiger partial charge is 0.346 e. The highest BCUT2D eigenvalue weighted by Crippen LogP contribution is 2.65. The zero-order valence-electron chi connectivity index (χ0n) is 32.1. The first-order valence-electron chi connectivity index (χ1n) is 18.1. The van der Waals surface area contributed by atoms with E-state index in [0.29, 0.717) is 11.1 Å². The van der Waals surface area contributed by atoms with Crippen LogP contribution in [0, 0.1) is 40.4 Å². The monoisotopic (exact) mass is 730 g/mol. The number of carbonyl (C=O) groups is 7. The van der Waals surface area contributed by atoms with Gasteiger partial charge in [-0.1, -0.05) is 79.7 Å². The second-order valence-electron chi connectivity index (χ2n) is 17.0. The number of Topliss-reactive ketones (excluding diaryl/α,β-unsaturated/α-hetero) is 1. The van der Waals surface area contributed by atoms with E-state index in [0.717, 1.165) is 4.90 Å². The fraction of sp³-hybridized carbons (Fsp3) is 0.575. The maximum Gasteiger partial charge on any atom is 0.315 e. The van der Waals surface area contributed by atoms with E-state index in [4.69, 9.17) is 6.42 Å². The smallest absolute Gasteiger partial charge is 0.315 e. The van der Waals surface area contributed by atoms with Crippen molar-refractivity contribution in [3.63, 3.8) is 0 Å². The molecular weight excluding hydrogens is 676 g/mol.